The molecule has 26 heavy (non-hydrogen) atoms. The molecule has 4 fully saturated rings. The lowest BCUT2D eigenvalue weighted by atomic mass is 9.42. The summed E-state index contributed by atoms with van der Waals surface area (Å²) in [5.74, 6) is 1.09. The molecule has 5 rings (SSSR count). The van der Waals surface area contributed by atoms with Gasteiger partial charge < -0.3 is 10.1 Å². The summed E-state index contributed by atoms with van der Waals surface area (Å²) in [5.41, 5.74) is 1.81. The molecule has 2 unspecified atom stereocenters. The Kier molecular flexibility index (Phi) is 4.32. The lowest BCUT2D eigenvalue weighted by Crippen LogP contribution is -2.55. The molecule has 4 nitrogen and oxygen atoms in total. The van der Waals surface area contributed by atoms with Crippen LogP contribution in [0.25, 0.3) is 0 Å². The minimum atomic E-state index is -0.579. The third-order valence-electron chi connectivity index (χ3n) is 7.04. The molecule has 1 N–H and O–H groups in total. The molecule has 0 spiro atoms. The summed E-state index contributed by atoms with van der Waals surface area (Å²) in [4.78, 5) is 24.3. The second kappa shape index (κ2) is 6.40. The van der Waals surface area contributed by atoms with Crippen LogP contribution in [-0.2, 0) is 19.7 Å². The van der Waals surface area contributed by atoms with Crippen LogP contribution in [0, 0.1) is 17.3 Å². The van der Waals surface area contributed by atoms with E-state index in [1.54, 1.807) is 6.92 Å². The summed E-state index contributed by atoms with van der Waals surface area (Å²) in [6, 6.07) is 10.3. The van der Waals surface area contributed by atoms with Crippen LogP contribution in [0.3, 0.4) is 0 Å². The maximum Gasteiger partial charge on any atom is 0.328 e. The first kappa shape index (κ1) is 17.6. The molecule has 4 aliphatic carbocycles. The van der Waals surface area contributed by atoms with Crippen LogP contribution in [0.15, 0.2) is 30.3 Å². The van der Waals surface area contributed by atoms with Gasteiger partial charge in [-0.1, -0.05) is 30.3 Å². The minimum Gasteiger partial charge on any atom is -0.467 e. The Morgan fingerprint density at radius 1 is 1.15 bits per heavy atom. The Balaban J connectivity index is 1.53. The molecular weight excluding hydrogens is 326 g/mol. The topological polar surface area (TPSA) is 55.4 Å². The third kappa shape index (κ3) is 3.04. The quantitative estimate of drug-likeness (QED) is 0.821. The highest BCUT2D eigenvalue weighted by Crippen LogP contribution is 2.66. The SMILES string of the molecule is COC(=O)[C@H](C)NC(=O)CC12C[C@H]3C[C@@H](C1)CC(c1ccccc1)(C3)C2. The van der Waals surface area contributed by atoms with Crippen molar-refractivity contribution in [1.29, 1.82) is 0 Å². The van der Waals surface area contributed by atoms with Gasteiger partial charge in [-0.05, 0) is 73.7 Å². The summed E-state index contributed by atoms with van der Waals surface area (Å²) >= 11 is 0. The number of hydrogen-bond acceptors (Lipinski definition) is 3. The van der Waals surface area contributed by atoms with E-state index in [1.165, 1.54) is 31.9 Å². The average molecular weight is 355 g/mol. The van der Waals surface area contributed by atoms with Crippen LogP contribution in [0.4, 0.5) is 0 Å². The van der Waals surface area contributed by atoms with Gasteiger partial charge in [0.15, 0.2) is 0 Å². The largest absolute Gasteiger partial charge is 0.467 e. The Morgan fingerprint density at radius 3 is 2.42 bits per heavy atom. The molecule has 0 radical (unpaired) electrons. The Hall–Kier alpha value is -1.84. The Bertz CT molecular complexity index is 685. The van der Waals surface area contributed by atoms with E-state index in [0.29, 0.717) is 6.42 Å². The lowest BCUT2D eigenvalue weighted by Gasteiger charge is -2.62. The highest BCUT2D eigenvalue weighted by atomic mass is 16.5. The van der Waals surface area contributed by atoms with E-state index in [2.05, 4.69) is 35.6 Å². The Labute approximate surface area is 155 Å². The molecule has 0 saturated heterocycles. The summed E-state index contributed by atoms with van der Waals surface area (Å²) in [5, 5.41) is 2.84. The maximum absolute atomic E-state index is 12.7. The van der Waals surface area contributed by atoms with Crippen molar-refractivity contribution >= 4 is 11.9 Å². The number of methoxy groups -OCH3 is 1. The smallest absolute Gasteiger partial charge is 0.328 e. The molecule has 4 saturated carbocycles. The molecule has 4 aliphatic rings. The number of rotatable bonds is 5. The number of amides is 1. The van der Waals surface area contributed by atoms with Crippen LogP contribution >= 0.6 is 0 Å². The van der Waals surface area contributed by atoms with Crippen LogP contribution in [0.5, 0.6) is 0 Å². The Morgan fingerprint density at radius 2 is 1.81 bits per heavy atom. The first-order chi connectivity index (χ1) is 12.4. The molecule has 5 atom stereocenters. The first-order valence-electron chi connectivity index (χ1n) is 9.86. The minimum absolute atomic E-state index is 0.00642. The molecule has 1 aromatic rings. The number of benzene rings is 1. The number of esters is 1. The maximum atomic E-state index is 12.7. The molecule has 0 heterocycles. The normalized spacial score (nSPS) is 35.8. The van der Waals surface area contributed by atoms with Gasteiger partial charge in [-0.25, -0.2) is 4.79 Å². The van der Waals surface area contributed by atoms with E-state index >= 15 is 0 Å². The van der Waals surface area contributed by atoms with Gasteiger partial charge >= 0.3 is 5.97 Å². The lowest BCUT2D eigenvalue weighted by molar-refractivity contribution is -0.146. The van der Waals surface area contributed by atoms with E-state index in [9.17, 15) is 9.59 Å². The van der Waals surface area contributed by atoms with Crippen LogP contribution < -0.4 is 5.32 Å². The van der Waals surface area contributed by atoms with Crippen LogP contribution in [0.1, 0.15) is 57.4 Å². The van der Waals surface area contributed by atoms with Gasteiger partial charge in [-0.2, -0.15) is 0 Å². The van der Waals surface area contributed by atoms with E-state index < -0.39 is 6.04 Å². The fourth-order valence-corrected chi connectivity index (χ4v) is 6.66. The molecule has 1 aromatic carbocycles. The highest BCUT2D eigenvalue weighted by molar-refractivity contribution is 5.84. The zero-order valence-electron chi connectivity index (χ0n) is 15.8. The predicted molar refractivity (Wildman–Crippen MR) is 99.5 cm³/mol. The fourth-order valence-electron chi connectivity index (χ4n) is 6.66. The molecular formula is C22H29NO3. The third-order valence-corrected chi connectivity index (χ3v) is 7.04. The number of carbonyl (C=O) groups is 2. The van der Waals surface area contributed by atoms with Crippen LogP contribution in [-0.4, -0.2) is 25.0 Å². The van der Waals surface area contributed by atoms with Gasteiger partial charge in [0, 0.05) is 6.42 Å². The van der Waals surface area contributed by atoms with Crippen LogP contribution in [0.2, 0.25) is 0 Å². The van der Waals surface area contributed by atoms with Gasteiger partial charge in [0.05, 0.1) is 7.11 Å². The van der Waals surface area contributed by atoms with Gasteiger partial charge in [-0.15, -0.1) is 0 Å². The molecule has 1 amide bonds. The molecule has 0 aliphatic heterocycles. The van der Waals surface area contributed by atoms with Crippen molar-refractivity contribution in [3.05, 3.63) is 35.9 Å². The summed E-state index contributed by atoms with van der Waals surface area (Å²) in [6.45, 7) is 1.69. The van der Waals surface area contributed by atoms with Crippen molar-refractivity contribution < 1.29 is 14.3 Å². The second-order valence-corrected chi connectivity index (χ2v) is 9.10. The molecule has 0 aromatic heterocycles. The number of ether oxygens (including phenoxy) is 1. The second-order valence-electron chi connectivity index (χ2n) is 9.10. The zero-order valence-corrected chi connectivity index (χ0v) is 15.8. The van der Waals surface area contributed by atoms with Gasteiger partial charge in [0.1, 0.15) is 6.04 Å². The van der Waals surface area contributed by atoms with Gasteiger partial charge in [-0.3, -0.25) is 4.79 Å². The summed E-state index contributed by atoms with van der Waals surface area (Å²) in [7, 11) is 1.35. The first-order valence-corrected chi connectivity index (χ1v) is 9.86. The van der Waals surface area contributed by atoms with Crippen molar-refractivity contribution in [2.45, 2.75) is 63.3 Å². The molecule has 4 heteroatoms. The van der Waals surface area contributed by atoms with E-state index in [4.69, 9.17) is 4.74 Å². The fraction of sp³-hybridized carbons (Fsp3) is 0.636. The van der Waals surface area contributed by atoms with E-state index in [-0.39, 0.29) is 22.7 Å². The van der Waals surface area contributed by atoms with Gasteiger partial charge in [0.25, 0.3) is 0 Å². The van der Waals surface area contributed by atoms with Crippen molar-refractivity contribution in [3.63, 3.8) is 0 Å². The van der Waals surface area contributed by atoms with E-state index in [1.807, 2.05) is 0 Å². The standard InChI is InChI=1S/C22H29NO3/c1-15(20(25)26-2)23-19(24)13-21-9-16-8-17(10-21)12-22(11-16,14-21)18-6-4-3-5-7-18/h3-7,15-17H,8-14H2,1-2H3,(H,23,24)/t15-,16-,17+,21?,22?/m0/s1. The van der Waals surface area contributed by atoms with Gasteiger partial charge in [0.2, 0.25) is 5.91 Å². The monoisotopic (exact) mass is 355 g/mol. The summed E-state index contributed by atoms with van der Waals surface area (Å²) in [6.07, 6.45) is 7.85. The number of carbonyl (C=O) groups excluding carboxylic acids is 2. The highest BCUT2D eigenvalue weighted by Gasteiger charge is 2.58. The van der Waals surface area contributed by atoms with Crippen molar-refractivity contribution in [1.82, 2.24) is 5.32 Å². The predicted octanol–water partition coefficient (Wildman–Crippen LogP) is 3.59. The van der Waals surface area contributed by atoms with Crippen molar-refractivity contribution in [3.8, 4) is 0 Å². The average Bonchev–Trinajstić information content (AvgIpc) is 2.60. The zero-order chi connectivity index (χ0) is 18.4. The number of hydrogen-bond donors (Lipinski definition) is 1. The molecule has 4 bridgehead atoms. The molecule has 140 valence electrons. The van der Waals surface area contributed by atoms with Crippen molar-refractivity contribution in [2.24, 2.45) is 17.3 Å². The van der Waals surface area contributed by atoms with E-state index in [0.717, 1.165) is 31.1 Å². The van der Waals surface area contributed by atoms with Crippen molar-refractivity contribution in [2.75, 3.05) is 7.11 Å². The summed E-state index contributed by atoms with van der Waals surface area (Å²) < 4.78 is 4.73. The number of nitrogens with one attached hydrogen (secondary N) is 1.